The average molecular weight is 405 g/mol. The van der Waals surface area contributed by atoms with Crippen LogP contribution in [-0.2, 0) is 20.8 Å². The maximum Gasteiger partial charge on any atom is 0.330 e. The first kappa shape index (κ1) is 22.8. The van der Waals surface area contributed by atoms with Crippen LogP contribution in [0.4, 0.5) is 0 Å². The van der Waals surface area contributed by atoms with Crippen molar-refractivity contribution in [1.29, 1.82) is 0 Å². The molecule has 0 saturated carbocycles. The lowest BCUT2D eigenvalue weighted by Gasteiger charge is -2.40. The van der Waals surface area contributed by atoms with Crippen molar-refractivity contribution < 1.29 is 24.6 Å². The van der Waals surface area contributed by atoms with E-state index in [0.29, 0.717) is 32.2 Å². The Hall–Kier alpha value is -2.45. The molecule has 0 radical (unpaired) electrons. The van der Waals surface area contributed by atoms with E-state index in [9.17, 15) is 24.6 Å². The SMILES string of the molecule is NCCCC[C@H](N)C(=O)N1CCC[C@]1(C(=O)O)C(CCc1ccccc1)C(=O)O. The van der Waals surface area contributed by atoms with E-state index >= 15 is 0 Å². The minimum atomic E-state index is -1.77. The summed E-state index contributed by atoms with van der Waals surface area (Å²) < 4.78 is 0. The molecule has 0 aromatic heterocycles. The molecule has 29 heavy (non-hydrogen) atoms. The number of aliphatic carboxylic acids is 2. The van der Waals surface area contributed by atoms with Crippen molar-refractivity contribution in [2.24, 2.45) is 17.4 Å². The Morgan fingerprint density at radius 3 is 2.38 bits per heavy atom. The van der Waals surface area contributed by atoms with E-state index in [-0.39, 0.29) is 19.4 Å². The second kappa shape index (κ2) is 10.4. The summed E-state index contributed by atoms with van der Waals surface area (Å²) >= 11 is 0. The van der Waals surface area contributed by atoms with Crippen molar-refractivity contribution in [3.8, 4) is 0 Å². The van der Waals surface area contributed by atoms with Gasteiger partial charge in [-0.15, -0.1) is 0 Å². The predicted molar refractivity (Wildman–Crippen MR) is 108 cm³/mol. The van der Waals surface area contributed by atoms with Gasteiger partial charge in [0, 0.05) is 6.54 Å². The molecule has 1 saturated heterocycles. The molecule has 8 heteroatoms. The first-order valence-corrected chi connectivity index (χ1v) is 10.1. The van der Waals surface area contributed by atoms with Crippen LogP contribution in [0, 0.1) is 5.92 Å². The summed E-state index contributed by atoms with van der Waals surface area (Å²) in [6.45, 7) is 0.690. The van der Waals surface area contributed by atoms with Gasteiger partial charge < -0.3 is 26.6 Å². The van der Waals surface area contributed by atoms with Gasteiger partial charge in [-0.25, -0.2) is 4.79 Å². The Morgan fingerprint density at radius 2 is 1.79 bits per heavy atom. The number of benzene rings is 1. The van der Waals surface area contributed by atoms with E-state index in [0.717, 1.165) is 12.0 Å². The Bertz CT molecular complexity index is 712. The van der Waals surface area contributed by atoms with Crippen molar-refractivity contribution in [3.63, 3.8) is 0 Å². The molecule has 0 bridgehead atoms. The normalized spacial score (nSPS) is 21.0. The number of aryl methyl sites for hydroxylation is 1. The molecule has 1 fully saturated rings. The summed E-state index contributed by atoms with van der Waals surface area (Å²) in [6, 6.07) is 8.45. The van der Waals surface area contributed by atoms with Crippen molar-refractivity contribution in [1.82, 2.24) is 4.90 Å². The maximum atomic E-state index is 13.0. The van der Waals surface area contributed by atoms with E-state index in [1.165, 1.54) is 4.90 Å². The molecule has 6 N–H and O–H groups in total. The molecule has 1 aromatic carbocycles. The quantitative estimate of drug-likeness (QED) is 0.405. The Kier molecular flexibility index (Phi) is 8.16. The lowest BCUT2D eigenvalue weighted by molar-refractivity contribution is -0.168. The largest absolute Gasteiger partial charge is 0.481 e. The fraction of sp³-hybridized carbons (Fsp3) is 0.571. The number of carbonyl (C=O) groups is 3. The van der Waals surface area contributed by atoms with Crippen LogP contribution >= 0.6 is 0 Å². The first-order valence-electron chi connectivity index (χ1n) is 10.1. The Balaban J connectivity index is 2.26. The third kappa shape index (κ3) is 5.13. The minimum Gasteiger partial charge on any atom is -0.481 e. The van der Waals surface area contributed by atoms with Gasteiger partial charge in [0.1, 0.15) is 0 Å². The summed E-state index contributed by atoms with van der Waals surface area (Å²) in [7, 11) is 0. The monoisotopic (exact) mass is 405 g/mol. The van der Waals surface area contributed by atoms with Gasteiger partial charge in [-0.2, -0.15) is 0 Å². The molecule has 1 heterocycles. The topological polar surface area (TPSA) is 147 Å². The zero-order chi connectivity index (χ0) is 21.4. The summed E-state index contributed by atoms with van der Waals surface area (Å²) in [4.78, 5) is 38.7. The summed E-state index contributed by atoms with van der Waals surface area (Å²) in [6.07, 6.45) is 2.85. The molecular weight excluding hydrogens is 374 g/mol. The van der Waals surface area contributed by atoms with Gasteiger partial charge in [0.2, 0.25) is 5.91 Å². The number of likely N-dealkylation sites (tertiary alicyclic amines) is 1. The van der Waals surface area contributed by atoms with Crippen LogP contribution in [0.15, 0.2) is 30.3 Å². The van der Waals surface area contributed by atoms with Gasteiger partial charge in [-0.05, 0) is 50.6 Å². The molecule has 1 aromatic rings. The van der Waals surface area contributed by atoms with Crippen molar-refractivity contribution >= 4 is 17.8 Å². The third-order valence-corrected chi connectivity index (χ3v) is 5.78. The Labute approximate surface area is 170 Å². The molecule has 160 valence electrons. The van der Waals surface area contributed by atoms with Crippen LogP contribution in [-0.4, -0.2) is 57.6 Å². The van der Waals surface area contributed by atoms with Crippen LogP contribution < -0.4 is 11.5 Å². The van der Waals surface area contributed by atoms with Gasteiger partial charge in [0.05, 0.1) is 12.0 Å². The zero-order valence-corrected chi connectivity index (χ0v) is 16.6. The number of nitrogens with two attached hydrogens (primary N) is 2. The number of rotatable bonds is 11. The molecule has 1 aliphatic rings. The van der Waals surface area contributed by atoms with E-state index < -0.39 is 35.3 Å². The van der Waals surface area contributed by atoms with Gasteiger partial charge in [0.25, 0.3) is 0 Å². The smallest absolute Gasteiger partial charge is 0.330 e. The molecule has 1 aliphatic heterocycles. The number of carboxylic acid groups (broad SMARTS) is 2. The summed E-state index contributed by atoms with van der Waals surface area (Å²) in [5.74, 6) is -4.20. The van der Waals surface area contributed by atoms with E-state index in [4.69, 9.17) is 11.5 Å². The third-order valence-electron chi connectivity index (χ3n) is 5.78. The standard InChI is InChI=1S/C21H31N3O5/c22-13-5-4-9-17(23)18(25)24-14-6-12-21(24,20(28)29)16(19(26)27)11-10-15-7-2-1-3-8-15/h1-3,7-8,16-17H,4-6,9-14,22-23H2,(H,26,27)(H,28,29)/t16?,17-,21+/m0/s1. The van der Waals surface area contributed by atoms with Crippen molar-refractivity contribution in [3.05, 3.63) is 35.9 Å². The molecule has 2 rings (SSSR count). The highest BCUT2D eigenvalue weighted by molar-refractivity contribution is 5.94. The number of hydrogen-bond acceptors (Lipinski definition) is 5. The highest BCUT2D eigenvalue weighted by Crippen LogP contribution is 2.39. The Morgan fingerprint density at radius 1 is 1.10 bits per heavy atom. The van der Waals surface area contributed by atoms with Gasteiger partial charge in [-0.1, -0.05) is 36.8 Å². The minimum absolute atomic E-state index is 0.106. The van der Waals surface area contributed by atoms with Crippen LogP contribution in [0.3, 0.4) is 0 Å². The lowest BCUT2D eigenvalue weighted by atomic mass is 9.77. The number of carbonyl (C=O) groups excluding carboxylic acids is 1. The number of carboxylic acids is 2. The number of hydrogen-bond donors (Lipinski definition) is 4. The summed E-state index contributed by atoms with van der Waals surface area (Å²) in [5.41, 5.74) is 10.6. The van der Waals surface area contributed by atoms with E-state index in [1.54, 1.807) is 0 Å². The van der Waals surface area contributed by atoms with Crippen LogP contribution in [0.25, 0.3) is 0 Å². The maximum absolute atomic E-state index is 13.0. The highest BCUT2D eigenvalue weighted by atomic mass is 16.4. The molecule has 3 atom stereocenters. The summed E-state index contributed by atoms with van der Waals surface area (Å²) in [5, 5.41) is 20.0. The zero-order valence-electron chi connectivity index (χ0n) is 16.6. The molecule has 0 aliphatic carbocycles. The van der Waals surface area contributed by atoms with Crippen LogP contribution in [0.5, 0.6) is 0 Å². The molecule has 1 amide bonds. The molecule has 1 unspecified atom stereocenters. The molecule has 8 nitrogen and oxygen atoms in total. The number of amides is 1. The predicted octanol–water partition coefficient (Wildman–Crippen LogP) is 1.22. The van der Waals surface area contributed by atoms with Gasteiger partial charge in [-0.3, -0.25) is 9.59 Å². The first-order chi connectivity index (χ1) is 13.8. The lowest BCUT2D eigenvalue weighted by Crippen LogP contribution is -2.62. The second-order valence-corrected chi connectivity index (χ2v) is 7.63. The molecular formula is C21H31N3O5. The number of unbranched alkanes of at least 4 members (excludes halogenated alkanes) is 1. The van der Waals surface area contributed by atoms with Crippen molar-refractivity contribution in [2.45, 2.75) is 56.5 Å². The average Bonchev–Trinajstić information content (AvgIpc) is 3.14. The van der Waals surface area contributed by atoms with E-state index in [1.807, 2.05) is 30.3 Å². The highest BCUT2D eigenvalue weighted by Gasteiger charge is 2.58. The van der Waals surface area contributed by atoms with Gasteiger partial charge in [0.15, 0.2) is 5.54 Å². The fourth-order valence-corrected chi connectivity index (χ4v) is 4.24. The fourth-order valence-electron chi connectivity index (χ4n) is 4.24. The van der Waals surface area contributed by atoms with Crippen LogP contribution in [0.1, 0.15) is 44.1 Å². The molecule has 0 spiro atoms. The van der Waals surface area contributed by atoms with Crippen LogP contribution in [0.2, 0.25) is 0 Å². The van der Waals surface area contributed by atoms with Crippen molar-refractivity contribution in [2.75, 3.05) is 13.1 Å². The van der Waals surface area contributed by atoms with Gasteiger partial charge >= 0.3 is 11.9 Å². The second-order valence-electron chi connectivity index (χ2n) is 7.63. The number of nitrogens with zero attached hydrogens (tertiary/aromatic N) is 1. The van der Waals surface area contributed by atoms with E-state index in [2.05, 4.69) is 0 Å².